The first-order chi connectivity index (χ1) is 14.8. The molecule has 0 radical (unpaired) electrons. The molecule has 0 atom stereocenters. The van der Waals surface area contributed by atoms with Crippen LogP contribution in [0.1, 0.15) is 19.4 Å². The quantitative estimate of drug-likeness (QED) is 0.531. The number of halogens is 1. The molecule has 0 aromatic heterocycles. The Morgan fingerprint density at radius 1 is 1.10 bits per heavy atom. The summed E-state index contributed by atoms with van der Waals surface area (Å²) in [5.41, 5.74) is 2.07. The van der Waals surface area contributed by atoms with Crippen molar-refractivity contribution in [2.24, 2.45) is 0 Å². The van der Waals surface area contributed by atoms with Crippen molar-refractivity contribution in [2.45, 2.75) is 19.9 Å². The number of thioether (sulfide) groups is 1. The third-order valence-electron chi connectivity index (χ3n) is 4.90. The van der Waals surface area contributed by atoms with E-state index in [9.17, 15) is 14.4 Å². The highest BCUT2D eigenvalue weighted by atomic mass is 35.5. The molecule has 0 unspecified atom stereocenters. The zero-order valence-electron chi connectivity index (χ0n) is 16.7. The van der Waals surface area contributed by atoms with Gasteiger partial charge in [-0.05, 0) is 44.2 Å². The lowest BCUT2D eigenvalue weighted by atomic mass is 10.1. The van der Waals surface area contributed by atoms with E-state index in [1.165, 1.54) is 9.80 Å². The Balaban J connectivity index is 1.65. The van der Waals surface area contributed by atoms with E-state index in [0.717, 1.165) is 11.8 Å². The third-order valence-corrected chi connectivity index (χ3v) is 6.55. The lowest BCUT2D eigenvalue weighted by Gasteiger charge is -2.18. The lowest BCUT2D eigenvalue weighted by Crippen LogP contribution is -2.36. The van der Waals surface area contributed by atoms with Crippen molar-refractivity contribution in [2.75, 3.05) is 16.8 Å². The number of benzene rings is 2. The van der Waals surface area contributed by atoms with Gasteiger partial charge in [0.2, 0.25) is 5.91 Å². The highest BCUT2D eigenvalue weighted by Crippen LogP contribution is 2.44. The number of carbonyl (C=O) groups excluding carboxylic acids is 3. The van der Waals surface area contributed by atoms with Crippen LogP contribution in [0.5, 0.6) is 0 Å². The first-order valence-corrected chi connectivity index (χ1v) is 11.1. The summed E-state index contributed by atoms with van der Waals surface area (Å²) in [5, 5.41) is 3.32. The number of fused-ring (bicyclic) bond motifs is 1. The molecule has 2 aliphatic rings. The van der Waals surface area contributed by atoms with Gasteiger partial charge in [-0.2, -0.15) is 0 Å². The van der Waals surface area contributed by atoms with Crippen LogP contribution in [0.25, 0.3) is 5.57 Å². The number of nitrogens with one attached hydrogen (secondary N) is 1. The minimum absolute atomic E-state index is 0.112. The molecule has 1 fully saturated rings. The van der Waals surface area contributed by atoms with Gasteiger partial charge in [-0.1, -0.05) is 53.8 Å². The van der Waals surface area contributed by atoms with E-state index in [1.807, 2.05) is 13.8 Å². The smallest absolute Gasteiger partial charge is 0.267 e. The van der Waals surface area contributed by atoms with Gasteiger partial charge in [0.1, 0.15) is 10.9 Å². The zero-order valence-corrected chi connectivity index (χ0v) is 19.1. The van der Waals surface area contributed by atoms with Crippen LogP contribution in [0, 0.1) is 0 Å². The van der Waals surface area contributed by atoms with Crippen molar-refractivity contribution in [3.63, 3.8) is 0 Å². The fourth-order valence-corrected chi connectivity index (χ4v) is 5.23. The average Bonchev–Trinajstić information content (AvgIpc) is 3.16. The average molecular weight is 472 g/mol. The normalized spacial score (nSPS) is 18.3. The number of para-hydroxylation sites is 1. The maximum Gasteiger partial charge on any atom is 0.267 e. The number of hydrogen-bond acceptors (Lipinski definition) is 5. The van der Waals surface area contributed by atoms with E-state index in [2.05, 4.69) is 5.32 Å². The van der Waals surface area contributed by atoms with E-state index in [-0.39, 0.29) is 30.0 Å². The highest BCUT2D eigenvalue weighted by molar-refractivity contribution is 8.26. The summed E-state index contributed by atoms with van der Waals surface area (Å²) >= 11 is 12.4. The van der Waals surface area contributed by atoms with Gasteiger partial charge < -0.3 is 5.32 Å². The van der Waals surface area contributed by atoms with Gasteiger partial charge >= 0.3 is 0 Å². The molecule has 9 heteroatoms. The van der Waals surface area contributed by atoms with Crippen LogP contribution in [0.3, 0.4) is 0 Å². The maximum atomic E-state index is 13.4. The molecular formula is C22H18ClN3O3S2. The number of amides is 3. The van der Waals surface area contributed by atoms with Crippen LogP contribution in [-0.4, -0.2) is 39.5 Å². The standard InChI is InChI=1S/C22H18ClN3O3S2/c1-12(2)26-21(29)19(31-22(26)30)18-15-5-3-4-6-16(15)25(20(18)28)11-17(27)24-14-9-7-13(23)8-10-14/h3-10,12H,11H2,1-2H3,(H,24,27)/b19-18-. The Hall–Kier alpha value is -2.68. The van der Waals surface area contributed by atoms with Crippen LogP contribution < -0.4 is 10.2 Å². The minimum atomic E-state index is -0.392. The first kappa shape index (κ1) is 21.5. The van der Waals surface area contributed by atoms with E-state index in [0.29, 0.717) is 31.2 Å². The molecule has 4 rings (SSSR count). The first-order valence-electron chi connectivity index (χ1n) is 9.54. The van der Waals surface area contributed by atoms with Gasteiger partial charge in [0.05, 0.1) is 16.2 Å². The second kappa shape index (κ2) is 8.45. The molecule has 0 bridgehead atoms. The fourth-order valence-electron chi connectivity index (χ4n) is 3.51. The summed E-state index contributed by atoms with van der Waals surface area (Å²) in [7, 11) is 0. The molecule has 2 heterocycles. The molecule has 0 aliphatic carbocycles. The molecule has 0 spiro atoms. The van der Waals surface area contributed by atoms with Gasteiger partial charge in [-0.15, -0.1) is 0 Å². The number of rotatable bonds is 4. The summed E-state index contributed by atoms with van der Waals surface area (Å²) in [4.78, 5) is 42.2. The Labute approximate surface area is 194 Å². The monoisotopic (exact) mass is 471 g/mol. The third kappa shape index (κ3) is 3.98. The molecule has 1 saturated heterocycles. The summed E-state index contributed by atoms with van der Waals surface area (Å²) in [6.07, 6.45) is 0. The predicted octanol–water partition coefficient (Wildman–Crippen LogP) is 4.31. The van der Waals surface area contributed by atoms with Crippen LogP contribution in [0.2, 0.25) is 5.02 Å². The van der Waals surface area contributed by atoms with E-state index in [4.69, 9.17) is 23.8 Å². The largest absolute Gasteiger partial charge is 0.325 e. The molecule has 1 N–H and O–H groups in total. The van der Waals surface area contributed by atoms with Crippen molar-refractivity contribution in [1.82, 2.24) is 4.90 Å². The molecule has 6 nitrogen and oxygen atoms in total. The van der Waals surface area contributed by atoms with E-state index >= 15 is 0 Å². The molecule has 2 aromatic carbocycles. The Morgan fingerprint density at radius 3 is 2.42 bits per heavy atom. The molecule has 2 aromatic rings. The van der Waals surface area contributed by atoms with Gasteiger partial charge in [0, 0.05) is 22.3 Å². The molecular weight excluding hydrogens is 454 g/mol. The number of hydrogen-bond donors (Lipinski definition) is 1. The van der Waals surface area contributed by atoms with E-state index < -0.39 is 5.91 Å². The molecule has 158 valence electrons. The van der Waals surface area contributed by atoms with Crippen LogP contribution >= 0.6 is 35.6 Å². The number of carbonyl (C=O) groups is 3. The van der Waals surface area contributed by atoms with Gasteiger partial charge in [0.15, 0.2) is 0 Å². The Kier molecular flexibility index (Phi) is 5.88. The van der Waals surface area contributed by atoms with Gasteiger partial charge in [-0.25, -0.2) is 0 Å². The zero-order chi connectivity index (χ0) is 22.3. The second-order valence-electron chi connectivity index (χ2n) is 7.30. The number of anilines is 2. The summed E-state index contributed by atoms with van der Waals surface area (Å²) in [6, 6.07) is 13.7. The van der Waals surface area contributed by atoms with Crippen molar-refractivity contribution in [3.8, 4) is 0 Å². The summed E-state index contributed by atoms with van der Waals surface area (Å²) in [5.74, 6) is -1.03. The minimum Gasteiger partial charge on any atom is -0.325 e. The van der Waals surface area contributed by atoms with Crippen molar-refractivity contribution in [1.29, 1.82) is 0 Å². The Bertz CT molecular complexity index is 1140. The van der Waals surface area contributed by atoms with Crippen molar-refractivity contribution in [3.05, 3.63) is 64.0 Å². The Morgan fingerprint density at radius 2 is 1.77 bits per heavy atom. The molecule has 3 amide bonds. The number of nitrogens with zero attached hydrogens (tertiary/aromatic N) is 2. The van der Waals surface area contributed by atoms with Gasteiger partial charge in [0.25, 0.3) is 11.8 Å². The highest BCUT2D eigenvalue weighted by Gasteiger charge is 2.43. The molecule has 2 aliphatic heterocycles. The predicted molar refractivity (Wildman–Crippen MR) is 128 cm³/mol. The van der Waals surface area contributed by atoms with Crippen molar-refractivity contribution < 1.29 is 14.4 Å². The SMILES string of the molecule is CC(C)N1C(=O)/C(=C2/C(=O)N(CC(=O)Nc3ccc(Cl)cc3)c3ccccc32)SC1=S. The van der Waals surface area contributed by atoms with Gasteiger partial charge in [-0.3, -0.25) is 24.2 Å². The summed E-state index contributed by atoms with van der Waals surface area (Å²) < 4.78 is 0.423. The fraction of sp³-hybridized carbons (Fsp3) is 0.182. The molecule has 31 heavy (non-hydrogen) atoms. The summed E-state index contributed by atoms with van der Waals surface area (Å²) in [6.45, 7) is 3.55. The van der Waals surface area contributed by atoms with Crippen molar-refractivity contribution >= 4 is 74.6 Å². The van der Waals surface area contributed by atoms with E-state index in [1.54, 1.807) is 48.5 Å². The van der Waals surface area contributed by atoms with Crippen LogP contribution in [0.15, 0.2) is 53.4 Å². The maximum absolute atomic E-state index is 13.4. The lowest BCUT2D eigenvalue weighted by molar-refractivity contribution is -0.123. The topological polar surface area (TPSA) is 69.7 Å². The molecule has 0 saturated carbocycles. The van der Waals surface area contributed by atoms with Crippen LogP contribution in [-0.2, 0) is 14.4 Å². The second-order valence-corrected chi connectivity index (χ2v) is 9.39. The number of thiocarbonyl (C=S) groups is 1. The van der Waals surface area contributed by atoms with Crippen LogP contribution in [0.4, 0.5) is 11.4 Å².